The first-order valence-corrected chi connectivity index (χ1v) is 39.4. The Morgan fingerprint density at radius 1 is 0.492 bits per heavy atom. The third-order valence-electron chi connectivity index (χ3n) is 20.3. The number of nitrogens with one attached hydrogen (secondary N) is 6. The predicted molar refractivity (Wildman–Crippen MR) is 435 cm³/mol. The van der Waals surface area contributed by atoms with Crippen LogP contribution in [0.3, 0.4) is 0 Å². The summed E-state index contributed by atoms with van der Waals surface area (Å²) >= 11 is 25.1. The number of fused-ring (bicyclic) bond motifs is 3. The van der Waals surface area contributed by atoms with Gasteiger partial charge >= 0.3 is 30.3 Å². The van der Waals surface area contributed by atoms with E-state index in [4.69, 9.17) is 74.8 Å². The van der Waals surface area contributed by atoms with Crippen LogP contribution in [0.1, 0.15) is 103 Å². The van der Waals surface area contributed by atoms with Crippen LogP contribution in [0.15, 0.2) is 114 Å². The highest BCUT2D eigenvalue weighted by molar-refractivity contribution is 6.40. The molecule has 12 rings (SSSR count). The number of nitrogens with zero attached hydrogens (tertiary/aromatic N) is 1. The Hall–Kier alpha value is -11.5. The molecule has 124 heavy (non-hydrogen) atoms. The smallest absolute Gasteiger partial charge is 0.408 e. The van der Waals surface area contributed by atoms with Crippen LogP contribution in [-0.4, -0.2) is 130 Å². The van der Waals surface area contributed by atoms with Crippen molar-refractivity contribution >= 4 is 99.1 Å². The van der Waals surface area contributed by atoms with Crippen molar-refractivity contribution in [3.05, 3.63) is 242 Å². The number of hydrogen-bond acceptors (Lipinski definition) is 16. The number of carbonyl (C=O) groups excluding carboxylic acids is 6. The van der Waals surface area contributed by atoms with Gasteiger partial charge in [0.2, 0.25) is 0 Å². The topological polar surface area (TPSA) is 252 Å². The molecule has 3 amide bonds. The molecule has 8 aromatic carbocycles. The lowest BCUT2D eigenvalue weighted by atomic mass is 9.89. The van der Waals surface area contributed by atoms with Crippen molar-refractivity contribution in [3.63, 3.8) is 0 Å². The van der Waals surface area contributed by atoms with Crippen LogP contribution in [0.25, 0.3) is 33.4 Å². The van der Waals surface area contributed by atoms with Crippen LogP contribution in [-0.2, 0) is 67.7 Å². The van der Waals surface area contributed by atoms with Gasteiger partial charge in [-0.1, -0.05) is 95.8 Å². The fraction of sp³-hybridized carbons (Fsp3) is 0.314. The Balaban J connectivity index is 0.000000196. The first-order valence-electron chi connectivity index (χ1n) is 37.9. The number of pyridine rings is 1. The summed E-state index contributed by atoms with van der Waals surface area (Å²) in [7, 11) is 4.95. The van der Waals surface area contributed by atoms with Crippen molar-refractivity contribution in [2.45, 2.75) is 122 Å². The molecule has 0 unspecified atom stereocenters. The molecule has 3 aliphatic heterocycles. The Labute approximate surface area is 719 Å². The first kappa shape index (κ1) is 94.8. The number of methoxy groups -OCH3 is 3. The molecule has 0 saturated heterocycles. The number of halogens is 18. The van der Waals surface area contributed by atoms with Crippen LogP contribution in [0, 0.1) is 60.4 Å². The van der Waals surface area contributed by atoms with Crippen LogP contribution >= 0.6 is 46.4 Å². The van der Waals surface area contributed by atoms with Crippen molar-refractivity contribution in [2.24, 2.45) is 7.05 Å². The lowest BCUT2D eigenvalue weighted by Crippen LogP contribution is -2.44. The Bertz CT molecular complexity index is 5570. The second-order valence-corrected chi connectivity index (χ2v) is 30.2. The van der Waals surface area contributed by atoms with Gasteiger partial charge < -0.3 is 64.9 Å². The van der Waals surface area contributed by atoms with Crippen molar-refractivity contribution in [1.82, 2.24) is 20.5 Å². The number of aromatic nitrogens is 1. The molecule has 0 saturated carbocycles. The summed E-state index contributed by atoms with van der Waals surface area (Å²) in [6.07, 6.45) is -7.90. The van der Waals surface area contributed by atoms with E-state index in [1.165, 1.54) is 11.5 Å². The molecule has 0 bridgehead atoms. The summed E-state index contributed by atoms with van der Waals surface area (Å²) < 4.78 is 227. The minimum atomic E-state index is -4.68. The maximum absolute atomic E-state index is 14.9. The van der Waals surface area contributed by atoms with Gasteiger partial charge in [0.25, 0.3) is 23.3 Å². The van der Waals surface area contributed by atoms with Crippen molar-refractivity contribution in [2.75, 3.05) is 63.6 Å². The van der Waals surface area contributed by atoms with Crippen molar-refractivity contribution < 1.29 is 119 Å². The molecule has 0 spiro atoms. The fourth-order valence-corrected chi connectivity index (χ4v) is 15.5. The second kappa shape index (κ2) is 40.4. The fourth-order valence-electron chi connectivity index (χ4n) is 14.2. The zero-order chi connectivity index (χ0) is 90.8. The summed E-state index contributed by atoms with van der Waals surface area (Å²) in [6, 6.07) is 13.3. The number of amides is 3. The van der Waals surface area contributed by atoms with Gasteiger partial charge in [-0.2, -0.15) is 26.3 Å². The van der Waals surface area contributed by atoms with E-state index < -0.39 is 159 Å². The Morgan fingerprint density at radius 2 is 0.871 bits per heavy atom. The van der Waals surface area contributed by atoms with Gasteiger partial charge in [0.15, 0.2) is 0 Å². The molecule has 0 aliphatic carbocycles. The van der Waals surface area contributed by atoms with Crippen LogP contribution in [0.2, 0.25) is 20.1 Å². The standard InChI is InChI=1S/C32H34F5N3O5.C29H24Cl2F6N2O4.C25H19Cl2F3N2O4/c1-6-25(32(35,36)37)38-19-14-22(33)27(23(34)15-19)29(41)39-24(31(43)44-5)13-18-9-10-21(28-20(18)8-7-11-45-28)26-16(2)12-17(3)40(4)30(26)42;1-13(29(35,36)37)38-16-11-21(33)25(22(34)12-16)27(40)39-23(28(41)42-2)8-14-5-6-18(26-17(14)4-3-7-43-26)24-19(30)9-15(32)10-20(24)31;1-35-25(34)19(32-24(33)21-17(29)3-2-4-18(21)30)9-12-5-6-14(22-23(12)36-8-7-31-22)20-15(26)10-13(28)11-16(20)27/h9-10,12,14-15,24-25,38H,6-8,11,13H2,1-5H3,(H,39,41);5-6,9-13,23,38H,3-4,7-8H2,1-2H3,(H,39,40);2-6,10-11,19,31H,7-9H2,1H3,(H,32,33)/t24-,25+;13-,23+;19-/m010/s1. The van der Waals surface area contributed by atoms with E-state index in [0.717, 1.165) is 82.0 Å². The molecular formula is C86H77Cl4F14N7O13. The summed E-state index contributed by atoms with van der Waals surface area (Å²) in [5.41, 5.74) is 3.58. The third-order valence-corrected chi connectivity index (χ3v) is 21.5. The third kappa shape index (κ3) is 21.8. The number of hydrogen-bond donors (Lipinski definition) is 6. The van der Waals surface area contributed by atoms with Crippen molar-refractivity contribution in [3.8, 4) is 50.6 Å². The second-order valence-electron chi connectivity index (χ2n) is 28.6. The molecule has 1 aromatic heterocycles. The number of rotatable bonds is 23. The highest BCUT2D eigenvalue weighted by Crippen LogP contribution is 2.48. The number of esters is 3. The van der Waals surface area contributed by atoms with Crippen LogP contribution in [0.4, 0.5) is 78.5 Å². The van der Waals surface area contributed by atoms with Gasteiger partial charge in [0, 0.05) is 77.7 Å². The Morgan fingerprint density at radius 3 is 1.28 bits per heavy atom. The number of benzene rings is 8. The van der Waals surface area contributed by atoms with Crippen molar-refractivity contribution in [1.29, 1.82) is 0 Å². The number of alkyl halides is 6. The van der Waals surface area contributed by atoms with Crippen LogP contribution in [0.5, 0.6) is 17.2 Å². The number of anilines is 3. The van der Waals surface area contributed by atoms with E-state index in [2.05, 4.69) is 21.3 Å². The van der Waals surface area contributed by atoms with E-state index >= 15 is 0 Å². The van der Waals surface area contributed by atoms with Gasteiger partial charge in [0.05, 0.1) is 65.9 Å². The molecule has 4 heterocycles. The van der Waals surface area contributed by atoms with Gasteiger partial charge in [-0.15, -0.1) is 0 Å². The molecule has 9 aromatic rings. The average molecular weight is 1820 g/mol. The molecule has 6 N–H and O–H groups in total. The summed E-state index contributed by atoms with van der Waals surface area (Å²) in [5, 5.41) is 14.3. The van der Waals surface area contributed by atoms with E-state index in [9.17, 15) is 95.0 Å². The van der Waals surface area contributed by atoms with Crippen LogP contribution < -0.4 is 51.7 Å². The van der Waals surface area contributed by atoms with E-state index in [1.54, 1.807) is 43.4 Å². The minimum absolute atomic E-state index is 0.0481. The largest absolute Gasteiger partial charge is 0.493 e. The van der Waals surface area contributed by atoms with Gasteiger partial charge in [0.1, 0.15) is 117 Å². The zero-order valence-electron chi connectivity index (χ0n) is 66.8. The summed E-state index contributed by atoms with van der Waals surface area (Å²) in [6.45, 7) is 7.17. The van der Waals surface area contributed by atoms with E-state index in [0.29, 0.717) is 160 Å². The first-order chi connectivity index (χ1) is 58.6. The maximum Gasteiger partial charge on any atom is 0.408 e. The maximum atomic E-state index is 14.9. The Kier molecular flexibility index (Phi) is 30.9. The summed E-state index contributed by atoms with van der Waals surface area (Å²) in [5.74, 6) is -14.2. The molecular weight excluding hydrogens is 1750 g/mol. The van der Waals surface area contributed by atoms with Gasteiger partial charge in [-0.3, -0.25) is 19.2 Å². The molecule has 5 atom stereocenters. The molecule has 20 nitrogen and oxygen atoms in total. The predicted octanol–water partition coefficient (Wildman–Crippen LogP) is 18.2. The lowest BCUT2D eigenvalue weighted by Gasteiger charge is -2.26. The highest BCUT2D eigenvalue weighted by Gasteiger charge is 2.41. The van der Waals surface area contributed by atoms with Gasteiger partial charge in [-0.05, 0) is 153 Å². The molecule has 38 heteroatoms. The summed E-state index contributed by atoms with van der Waals surface area (Å²) in [4.78, 5) is 89.7. The number of ether oxygens (including phenoxy) is 6. The highest BCUT2D eigenvalue weighted by atomic mass is 35.5. The number of carbonyl (C=O) groups is 6. The molecule has 3 aliphatic rings. The normalized spacial score (nSPS) is 13.9. The zero-order valence-corrected chi connectivity index (χ0v) is 69.8. The molecule has 0 fully saturated rings. The molecule has 0 radical (unpaired) electrons. The van der Waals surface area contributed by atoms with E-state index in [-0.39, 0.29) is 44.9 Å². The SMILES string of the molecule is CC[C@@H](Nc1cc(F)c(C(=O)N[C@@H](Cc2ccc(-c3c(C)cc(C)n(C)c3=O)c3c2CCCO3)C(=O)OC)c(F)c1)C(F)(F)F.COC(=O)[C@H](Cc1ccc(-c2c(Cl)cc(F)cc2Cl)c2c1CCCO2)NC(=O)c1c(F)cc(N[C@H](C)C(F)(F)F)cc1F.COC(=O)[C@H](Cc1ccc(-c2c(Cl)cc(F)cc2Cl)c2c1OCCN2)NC(=O)c1c(F)cccc1F. The quantitative estimate of drug-likeness (QED) is 0.0198. The molecule has 660 valence electrons. The van der Waals surface area contributed by atoms with Gasteiger partial charge in [-0.25, -0.2) is 49.5 Å². The average Bonchev–Trinajstić information content (AvgIpc) is 0.769. The minimum Gasteiger partial charge on any atom is -0.493 e. The number of aryl methyl sites for hydroxylation is 2. The lowest BCUT2D eigenvalue weighted by molar-refractivity contribution is -0.143. The van der Waals surface area contributed by atoms with E-state index in [1.807, 2.05) is 30.5 Å². The monoisotopic (exact) mass is 1820 g/mol.